The first-order valence-corrected chi connectivity index (χ1v) is 7.79. The van der Waals surface area contributed by atoms with Gasteiger partial charge < -0.3 is 5.73 Å². The monoisotopic (exact) mass is 289 g/mol. The van der Waals surface area contributed by atoms with Crippen LogP contribution in [-0.4, -0.2) is 17.0 Å². The van der Waals surface area contributed by atoms with E-state index >= 15 is 0 Å². The van der Waals surface area contributed by atoms with Crippen LogP contribution in [0.3, 0.4) is 0 Å². The van der Waals surface area contributed by atoms with Crippen molar-refractivity contribution in [1.82, 2.24) is 0 Å². The Bertz CT molecular complexity index is 378. The van der Waals surface area contributed by atoms with Crippen molar-refractivity contribution in [2.24, 2.45) is 5.73 Å². The largest absolute Gasteiger partial charge is 0.326 e. The summed E-state index contributed by atoms with van der Waals surface area (Å²) in [7, 11) is 0. The average Bonchev–Trinajstić information content (AvgIpc) is 2.36. The van der Waals surface area contributed by atoms with Gasteiger partial charge in [0.25, 0.3) is 0 Å². The first-order chi connectivity index (χ1) is 8.18. The minimum atomic E-state index is 0.177. The van der Waals surface area contributed by atoms with Crippen LogP contribution in [0.5, 0.6) is 0 Å². The molecule has 0 aliphatic carbocycles. The zero-order valence-corrected chi connectivity index (χ0v) is 12.0. The standard InChI is InChI=1S/C13H17Cl2NS/c14-10-5-3-4-9(13(10)15)8-11(16)12-6-1-2-7-17-12/h3-5,11-12H,1-2,6-8,16H2. The van der Waals surface area contributed by atoms with Gasteiger partial charge in [-0.3, -0.25) is 0 Å². The molecule has 4 heteroatoms. The molecule has 17 heavy (non-hydrogen) atoms. The molecule has 0 radical (unpaired) electrons. The molecule has 0 spiro atoms. The third-order valence-electron chi connectivity index (χ3n) is 3.18. The summed E-state index contributed by atoms with van der Waals surface area (Å²) in [5, 5.41) is 1.84. The molecule has 1 nitrogen and oxygen atoms in total. The molecule has 1 aromatic carbocycles. The molecule has 2 N–H and O–H groups in total. The van der Waals surface area contributed by atoms with E-state index in [1.54, 1.807) is 0 Å². The van der Waals surface area contributed by atoms with E-state index < -0.39 is 0 Å². The van der Waals surface area contributed by atoms with Crippen molar-refractivity contribution in [3.8, 4) is 0 Å². The van der Waals surface area contributed by atoms with Gasteiger partial charge in [0.05, 0.1) is 10.0 Å². The molecule has 2 unspecified atom stereocenters. The molecule has 1 fully saturated rings. The van der Waals surface area contributed by atoms with Crippen LogP contribution in [0.2, 0.25) is 10.0 Å². The van der Waals surface area contributed by atoms with E-state index in [-0.39, 0.29) is 6.04 Å². The van der Waals surface area contributed by atoms with Crippen molar-refractivity contribution in [1.29, 1.82) is 0 Å². The third kappa shape index (κ3) is 3.54. The highest BCUT2D eigenvalue weighted by Gasteiger charge is 2.22. The van der Waals surface area contributed by atoms with Crippen LogP contribution in [0, 0.1) is 0 Å². The van der Waals surface area contributed by atoms with Crippen LogP contribution in [0.4, 0.5) is 0 Å². The molecule has 2 rings (SSSR count). The average molecular weight is 290 g/mol. The lowest BCUT2D eigenvalue weighted by Crippen LogP contribution is -2.36. The highest BCUT2D eigenvalue weighted by atomic mass is 35.5. The second-order valence-corrected chi connectivity index (χ2v) is 6.62. The Morgan fingerprint density at radius 1 is 1.35 bits per heavy atom. The predicted molar refractivity (Wildman–Crippen MR) is 78.2 cm³/mol. The highest BCUT2D eigenvalue weighted by molar-refractivity contribution is 8.00. The van der Waals surface area contributed by atoms with Gasteiger partial charge in [-0.05, 0) is 36.6 Å². The maximum absolute atomic E-state index is 6.28. The Balaban J connectivity index is 2.01. The van der Waals surface area contributed by atoms with E-state index in [0.29, 0.717) is 15.3 Å². The molecule has 0 bridgehead atoms. The van der Waals surface area contributed by atoms with Gasteiger partial charge in [-0.2, -0.15) is 11.8 Å². The summed E-state index contributed by atoms with van der Waals surface area (Å²) in [4.78, 5) is 0. The van der Waals surface area contributed by atoms with Crippen molar-refractivity contribution in [3.63, 3.8) is 0 Å². The van der Waals surface area contributed by atoms with Crippen LogP contribution in [-0.2, 0) is 6.42 Å². The van der Waals surface area contributed by atoms with Gasteiger partial charge in [0.15, 0.2) is 0 Å². The summed E-state index contributed by atoms with van der Waals surface area (Å²) >= 11 is 14.2. The number of hydrogen-bond donors (Lipinski definition) is 1. The van der Waals surface area contributed by atoms with E-state index in [2.05, 4.69) is 0 Å². The maximum atomic E-state index is 6.28. The van der Waals surface area contributed by atoms with Gasteiger partial charge in [-0.15, -0.1) is 0 Å². The van der Waals surface area contributed by atoms with Crippen molar-refractivity contribution >= 4 is 35.0 Å². The zero-order chi connectivity index (χ0) is 12.3. The lowest BCUT2D eigenvalue weighted by atomic mass is 10.0. The van der Waals surface area contributed by atoms with Gasteiger partial charge >= 0.3 is 0 Å². The molecule has 2 atom stereocenters. The number of hydrogen-bond acceptors (Lipinski definition) is 2. The van der Waals surface area contributed by atoms with E-state index in [1.165, 1.54) is 25.0 Å². The molecule has 0 amide bonds. The number of nitrogens with two attached hydrogens (primary N) is 1. The van der Waals surface area contributed by atoms with E-state index in [1.807, 2.05) is 30.0 Å². The number of rotatable bonds is 3. The van der Waals surface area contributed by atoms with E-state index in [4.69, 9.17) is 28.9 Å². The molecule has 1 aliphatic heterocycles. The zero-order valence-electron chi connectivity index (χ0n) is 9.66. The Morgan fingerprint density at radius 3 is 2.88 bits per heavy atom. The second-order valence-electron chi connectivity index (χ2n) is 4.49. The molecule has 1 aromatic rings. The van der Waals surface area contributed by atoms with Gasteiger partial charge in [0.1, 0.15) is 0 Å². The summed E-state index contributed by atoms with van der Waals surface area (Å²) in [5.74, 6) is 1.24. The third-order valence-corrected chi connectivity index (χ3v) is 5.58. The quantitative estimate of drug-likeness (QED) is 0.905. The summed E-state index contributed by atoms with van der Waals surface area (Å²) in [5.41, 5.74) is 7.34. The maximum Gasteiger partial charge on any atom is 0.0624 e. The minimum Gasteiger partial charge on any atom is -0.326 e. The molecule has 0 aromatic heterocycles. The van der Waals surface area contributed by atoms with Crippen molar-refractivity contribution in [2.45, 2.75) is 37.0 Å². The number of thioether (sulfide) groups is 1. The van der Waals surface area contributed by atoms with Crippen molar-refractivity contribution in [3.05, 3.63) is 33.8 Å². The van der Waals surface area contributed by atoms with Crippen molar-refractivity contribution in [2.75, 3.05) is 5.75 Å². The van der Waals surface area contributed by atoms with E-state index in [9.17, 15) is 0 Å². The molecule has 1 saturated heterocycles. The van der Waals surface area contributed by atoms with Crippen LogP contribution < -0.4 is 5.73 Å². The minimum absolute atomic E-state index is 0.177. The summed E-state index contributed by atoms with van der Waals surface area (Å²) in [6, 6.07) is 5.94. The first-order valence-electron chi connectivity index (χ1n) is 5.98. The normalized spacial score (nSPS) is 22.4. The smallest absolute Gasteiger partial charge is 0.0624 e. The lowest BCUT2D eigenvalue weighted by Gasteiger charge is -2.27. The fourth-order valence-electron chi connectivity index (χ4n) is 2.19. The van der Waals surface area contributed by atoms with E-state index in [0.717, 1.165) is 12.0 Å². The van der Waals surface area contributed by atoms with Crippen molar-refractivity contribution < 1.29 is 0 Å². The van der Waals surface area contributed by atoms with Crippen LogP contribution in [0.25, 0.3) is 0 Å². The summed E-state index contributed by atoms with van der Waals surface area (Å²) in [6.07, 6.45) is 4.67. The molecular weight excluding hydrogens is 273 g/mol. The Morgan fingerprint density at radius 2 is 2.18 bits per heavy atom. The van der Waals surface area contributed by atoms with Gasteiger partial charge in [-0.1, -0.05) is 41.8 Å². The molecular formula is C13H17Cl2NS. The first kappa shape index (κ1) is 13.5. The SMILES string of the molecule is NC(Cc1cccc(Cl)c1Cl)C1CCCCS1. The number of halogens is 2. The van der Waals surface area contributed by atoms with Gasteiger partial charge in [0, 0.05) is 11.3 Å². The molecule has 94 valence electrons. The Labute approximate surface area is 117 Å². The van der Waals surface area contributed by atoms with Crippen LogP contribution in [0.15, 0.2) is 18.2 Å². The summed E-state index contributed by atoms with van der Waals surface area (Å²) < 4.78 is 0. The van der Waals surface area contributed by atoms with Crippen LogP contribution >= 0.6 is 35.0 Å². The highest BCUT2D eigenvalue weighted by Crippen LogP contribution is 2.31. The summed E-state index contributed by atoms with van der Waals surface area (Å²) in [6.45, 7) is 0. The molecule has 0 saturated carbocycles. The van der Waals surface area contributed by atoms with Gasteiger partial charge in [0.2, 0.25) is 0 Å². The predicted octanol–water partition coefficient (Wildman–Crippen LogP) is 4.15. The topological polar surface area (TPSA) is 26.0 Å². The van der Waals surface area contributed by atoms with Crippen LogP contribution in [0.1, 0.15) is 24.8 Å². The Hall–Kier alpha value is 0.110. The second kappa shape index (κ2) is 6.33. The fourth-order valence-corrected chi connectivity index (χ4v) is 3.94. The Kier molecular flexibility index (Phi) is 5.04. The molecule has 1 heterocycles. The number of benzene rings is 1. The molecule has 1 aliphatic rings. The fraction of sp³-hybridized carbons (Fsp3) is 0.538. The van der Waals surface area contributed by atoms with Gasteiger partial charge in [-0.25, -0.2) is 0 Å². The lowest BCUT2D eigenvalue weighted by molar-refractivity contribution is 0.559.